The average molecular weight is 603 g/mol. The molecule has 3 aromatic rings. The molecule has 0 unspecified atom stereocenters. The van der Waals surface area contributed by atoms with Crippen LogP contribution in [0.4, 0.5) is 10.5 Å². The molecule has 1 fully saturated rings. The van der Waals surface area contributed by atoms with Gasteiger partial charge >= 0.3 is 6.03 Å². The molecule has 2 atom stereocenters. The van der Waals surface area contributed by atoms with Gasteiger partial charge in [0.2, 0.25) is 11.8 Å². The van der Waals surface area contributed by atoms with Crippen molar-refractivity contribution in [3.8, 4) is 17.2 Å². The van der Waals surface area contributed by atoms with Gasteiger partial charge in [0, 0.05) is 32.3 Å². The minimum Gasteiger partial charge on any atom is -0.493 e. The average Bonchev–Trinajstić information content (AvgIpc) is 3.43. The Labute approximate surface area is 257 Å². The van der Waals surface area contributed by atoms with Crippen LogP contribution in [0.3, 0.4) is 0 Å². The van der Waals surface area contributed by atoms with E-state index in [2.05, 4.69) is 10.6 Å². The third-order valence-corrected chi connectivity index (χ3v) is 7.62. The Morgan fingerprint density at radius 3 is 2.61 bits per heavy atom. The van der Waals surface area contributed by atoms with Gasteiger partial charge < -0.3 is 39.4 Å². The minimum absolute atomic E-state index is 0.138. The number of ether oxygens (including phenoxy) is 4. The SMILES string of the molecule is COCCN1CC(=O)N[C@H]2CN(C(=O)Nc3ccccc3)C[C@@H]2OCc2cccc(c2)Oc2cc(ccc2OC)CCC1=O. The van der Waals surface area contributed by atoms with Crippen LogP contribution in [-0.4, -0.2) is 86.8 Å². The number of benzene rings is 3. The molecule has 232 valence electrons. The first kappa shape index (κ1) is 30.8. The van der Waals surface area contributed by atoms with E-state index >= 15 is 0 Å². The van der Waals surface area contributed by atoms with Crippen LogP contribution in [0.5, 0.6) is 17.2 Å². The predicted molar refractivity (Wildman–Crippen MR) is 164 cm³/mol. The molecule has 5 rings (SSSR count). The number of rotatable bonds is 5. The molecule has 3 aromatic carbocycles. The Balaban J connectivity index is 1.40. The number of hydrogen-bond donors (Lipinski definition) is 2. The van der Waals surface area contributed by atoms with Crippen LogP contribution in [0.15, 0.2) is 72.8 Å². The van der Waals surface area contributed by atoms with E-state index in [0.717, 1.165) is 11.1 Å². The predicted octanol–water partition coefficient (Wildman–Crippen LogP) is 3.83. The molecule has 2 aliphatic heterocycles. The number of anilines is 1. The van der Waals surface area contributed by atoms with E-state index in [0.29, 0.717) is 36.0 Å². The topological polar surface area (TPSA) is 119 Å². The van der Waals surface area contributed by atoms with E-state index in [4.69, 9.17) is 18.9 Å². The van der Waals surface area contributed by atoms with Crippen LogP contribution >= 0.6 is 0 Å². The van der Waals surface area contributed by atoms with Crippen LogP contribution in [0.25, 0.3) is 0 Å². The molecule has 2 N–H and O–H groups in total. The molecular weight excluding hydrogens is 564 g/mol. The van der Waals surface area contributed by atoms with E-state index < -0.39 is 12.1 Å². The third-order valence-electron chi connectivity index (χ3n) is 7.62. The van der Waals surface area contributed by atoms with Crippen molar-refractivity contribution in [2.75, 3.05) is 52.3 Å². The van der Waals surface area contributed by atoms with Crippen LogP contribution in [0, 0.1) is 0 Å². The number of urea groups is 1. The number of hydrogen-bond acceptors (Lipinski definition) is 7. The zero-order valence-corrected chi connectivity index (χ0v) is 25.0. The number of methoxy groups -OCH3 is 2. The normalized spacial score (nSPS) is 19.2. The van der Waals surface area contributed by atoms with Crippen molar-refractivity contribution in [1.29, 1.82) is 0 Å². The Kier molecular flexibility index (Phi) is 10.3. The molecule has 0 aliphatic carbocycles. The van der Waals surface area contributed by atoms with E-state index in [1.165, 1.54) is 4.90 Å². The summed E-state index contributed by atoms with van der Waals surface area (Å²) in [6, 6.07) is 21.5. The number of carbonyl (C=O) groups is 3. The molecule has 4 amide bonds. The lowest BCUT2D eigenvalue weighted by Crippen LogP contribution is -2.49. The highest BCUT2D eigenvalue weighted by atomic mass is 16.5. The second-order valence-corrected chi connectivity index (χ2v) is 10.8. The van der Waals surface area contributed by atoms with Crippen molar-refractivity contribution in [3.63, 3.8) is 0 Å². The van der Waals surface area contributed by atoms with Crippen molar-refractivity contribution < 1.29 is 33.3 Å². The summed E-state index contributed by atoms with van der Waals surface area (Å²) in [5.74, 6) is 1.19. The van der Waals surface area contributed by atoms with Crippen LogP contribution in [0.2, 0.25) is 0 Å². The number of carbonyl (C=O) groups excluding carboxylic acids is 3. The summed E-state index contributed by atoms with van der Waals surface area (Å²) in [5.41, 5.74) is 2.44. The van der Waals surface area contributed by atoms with Crippen LogP contribution < -0.4 is 20.1 Å². The van der Waals surface area contributed by atoms with Crippen LogP contribution in [0.1, 0.15) is 17.5 Å². The Morgan fingerprint density at radius 1 is 0.977 bits per heavy atom. The van der Waals surface area contributed by atoms with Gasteiger partial charge in [-0.25, -0.2) is 4.79 Å². The summed E-state index contributed by atoms with van der Waals surface area (Å²) in [5, 5.41) is 5.93. The van der Waals surface area contributed by atoms with Gasteiger partial charge in [0.05, 0.1) is 45.6 Å². The van der Waals surface area contributed by atoms with Gasteiger partial charge in [-0.05, 0) is 53.9 Å². The molecule has 11 heteroatoms. The maximum atomic E-state index is 13.3. The smallest absolute Gasteiger partial charge is 0.322 e. The molecule has 0 spiro atoms. The fourth-order valence-electron chi connectivity index (χ4n) is 5.29. The lowest BCUT2D eigenvalue weighted by Gasteiger charge is -2.25. The van der Waals surface area contributed by atoms with Gasteiger partial charge in [0.15, 0.2) is 11.5 Å². The number of nitrogens with one attached hydrogen (secondary N) is 2. The second kappa shape index (κ2) is 14.7. The molecule has 2 heterocycles. The lowest BCUT2D eigenvalue weighted by molar-refractivity contribution is -0.137. The van der Waals surface area contributed by atoms with Gasteiger partial charge in [0.25, 0.3) is 0 Å². The molecule has 0 radical (unpaired) electrons. The number of amides is 4. The number of nitrogens with zero attached hydrogens (tertiary/aromatic N) is 2. The minimum atomic E-state index is -0.483. The number of para-hydroxylation sites is 1. The summed E-state index contributed by atoms with van der Waals surface area (Å²) in [6.45, 7) is 1.18. The Morgan fingerprint density at radius 2 is 1.82 bits per heavy atom. The summed E-state index contributed by atoms with van der Waals surface area (Å²) in [6.07, 6.45) is 0.165. The highest BCUT2D eigenvalue weighted by Gasteiger charge is 2.37. The summed E-state index contributed by atoms with van der Waals surface area (Å²) >= 11 is 0. The first-order chi connectivity index (χ1) is 21.4. The van der Waals surface area contributed by atoms with Gasteiger partial charge in [-0.1, -0.05) is 36.4 Å². The van der Waals surface area contributed by atoms with Gasteiger partial charge in [-0.3, -0.25) is 9.59 Å². The highest BCUT2D eigenvalue weighted by molar-refractivity contribution is 5.90. The number of aryl methyl sites for hydroxylation is 1. The molecular formula is C33H38N4O7. The monoisotopic (exact) mass is 602 g/mol. The zero-order chi connectivity index (χ0) is 30.9. The van der Waals surface area contributed by atoms with Crippen molar-refractivity contribution in [1.82, 2.24) is 15.1 Å². The first-order valence-electron chi connectivity index (χ1n) is 14.6. The fraction of sp³-hybridized carbons (Fsp3) is 0.364. The Bertz CT molecular complexity index is 1450. The fourth-order valence-corrected chi connectivity index (χ4v) is 5.29. The standard InChI is InChI=1S/C33H38N4O7/c1-41-16-15-36-21-31(38)35-27-19-37(33(40)34-25-8-4-3-5-9-25)20-30(27)43-22-24-7-6-10-26(17-24)44-29-18-23(12-14-32(36)39)11-13-28(29)42-2/h3-11,13,17-18,27,30H,12,14-16,19-22H2,1-2H3,(H,34,40)(H,35,38)/t27-,30-/m0/s1. The van der Waals surface area contributed by atoms with E-state index in [1.54, 1.807) is 19.1 Å². The summed E-state index contributed by atoms with van der Waals surface area (Å²) in [4.78, 5) is 42.8. The van der Waals surface area contributed by atoms with Crippen molar-refractivity contribution in [2.45, 2.75) is 31.6 Å². The highest BCUT2D eigenvalue weighted by Crippen LogP contribution is 2.33. The molecule has 1 saturated heterocycles. The van der Waals surface area contributed by atoms with Crippen molar-refractivity contribution >= 4 is 23.5 Å². The van der Waals surface area contributed by atoms with E-state index in [9.17, 15) is 14.4 Å². The Hall–Kier alpha value is -4.61. The van der Waals surface area contributed by atoms with E-state index in [-0.39, 0.29) is 57.1 Å². The van der Waals surface area contributed by atoms with Crippen LogP contribution in [-0.2, 0) is 32.1 Å². The van der Waals surface area contributed by atoms with Gasteiger partial charge in [-0.15, -0.1) is 0 Å². The maximum Gasteiger partial charge on any atom is 0.322 e. The van der Waals surface area contributed by atoms with Crippen molar-refractivity contribution in [3.05, 3.63) is 83.9 Å². The van der Waals surface area contributed by atoms with Gasteiger partial charge in [0.1, 0.15) is 5.75 Å². The summed E-state index contributed by atoms with van der Waals surface area (Å²) in [7, 11) is 3.13. The third kappa shape index (κ3) is 8.06. The summed E-state index contributed by atoms with van der Waals surface area (Å²) < 4.78 is 23.3. The number of fused-ring (bicyclic) bond motifs is 5. The quantitative estimate of drug-likeness (QED) is 0.456. The van der Waals surface area contributed by atoms with E-state index in [1.807, 2.05) is 72.8 Å². The number of likely N-dealkylation sites (tertiary alicyclic amines) is 1. The molecule has 0 aromatic heterocycles. The maximum absolute atomic E-state index is 13.3. The molecule has 44 heavy (non-hydrogen) atoms. The molecule has 0 saturated carbocycles. The first-order valence-corrected chi connectivity index (χ1v) is 14.6. The zero-order valence-electron chi connectivity index (χ0n) is 25.0. The largest absolute Gasteiger partial charge is 0.493 e. The lowest BCUT2D eigenvalue weighted by atomic mass is 10.1. The van der Waals surface area contributed by atoms with Gasteiger partial charge in [-0.2, -0.15) is 0 Å². The molecule has 11 nitrogen and oxygen atoms in total. The van der Waals surface area contributed by atoms with Crippen molar-refractivity contribution in [2.24, 2.45) is 0 Å². The molecule has 2 aliphatic rings. The molecule has 4 bridgehead atoms. The second-order valence-electron chi connectivity index (χ2n) is 10.8.